The average Bonchev–Trinajstić information content (AvgIpc) is 2.52. The van der Waals surface area contributed by atoms with Crippen LogP contribution in [0, 0.1) is 0 Å². The van der Waals surface area contributed by atoms with Gasteiger partial charge in [0.05, 0.1) is 5.03 Å². The van der Waals surface area contributed by atoms with Crippen molar-refractivity contribution in [2.24, 2.45) is 0 Å². The molecule has 0 bridgehead atoms. The van der Waals surface area contributed by atoms with Crippen molar-refractivity contribution in [3.8, 4) is 0 Å². The summed E-state index contributed by atoms with van der Waals surface area (Å²) in [6, 6.07) is -1.29. The Bertz CT molecular complexity index is 358. The zero-order chi connectivity index (χ0) is 11.3. The van der Waals surface area contributed by atoms with E-state index < -0.39 is 18.0 Å². The van der Waals surface area contributed by atoms with E-state index in [1.807, 2.05) is 19.1 Å². The van der Waals surface area contributed by atoms with Gasteiger partial charge in [0.25, 0.3) is 5.91 Å². The SMILES string of the molecule is C\C=C/C=C/C=C(\Cl)C1NC(=O)NC1=O. The lowest BCUT2D eigenvalue weighted by Gasteiger charge is -2.03. The number of urea groups is 1. The zero-order valence-electron chi connectivity index (χ0n) is 8.16. The van der Waals surface area contributed by atoms with Gasteiger partial charge in [-0.2, -0.15) is 0 Å². The van der Waals surface area contributed by atoms with Crippen molar-refractivity contribution in [2.45, 2.75) is 13.0 Å². The van der Waals surface area contributed by atoms with E-state index >= 15 is 0 Å². The van der Waals surface area contributed by atoms with Crippen molar-refractivity contribution in [3.63, 3.8) is 0 Å². The maximum atomic E-state index is 11.2. The fourth-order valence-corrected chi connectivity index (χ4v) is 1.26. The largest absolute Gasteiger partial charge is 0.322 e. The highest BCUT2D eigenvalue weighted by atomic mass is 35.5. The molecule has 15 heavy (non-hydrogen) atoms. The van der Waals surface area contributed by atoms with Crippen molar-refractivity contribution in [1.82, 2.24) is 10.6 Å². The number of amides is 3. The van der Waals surface area contributed by atoms with Crippen LogP contribution >= 0.6 is 11.6 Å². The second-order valence-corrected chi connectivity index (χ2v) is 3.29. The van der Waals surface area contributed by atoms with Crippen LogP contribution in [0.5, 0.6) is 0 Å². The summed E-state index contributed by atoms with van der Waals surface area (Å²) in [5.74, 6) is -0.430. The Hall–Kier alpha value is -1.55. The van der Waals surface area contributed by atoms with Gasteiger partial charge in [-0.15, -0.1) is 0 Å². The fraction of sp³-hybridized carbons (Fsp3) is 0.200. The molecule has 5 heteroatoms. The second-order valence-electron chi connectivity index (χ2n) is 2.86. The van der Waals surface area contributed by atoms with E-state index in [-0.39, 0.29) is 5.03 Å². The minimum atomic E-state index is -0.769. The van der Waals surface area contributed by atoms with Crippen molar-refractivity contribution in [3.05, 3.63) is 35.4 Å². The monoisotopic (exact) mass is 226 g/mol. The van der Waals surface area contributed by atoms with Crippen molar-refractivity contribution in [1.29, 1.82) is 0 Å². The molecule has 0 aliphatic carbocycles. The van der Waals surface area contributed by atoms with E-state index in [2.05, 4.69) is 10.6 Å². The number of allylic oxidation sites excluding steroid dienone is 5. The van der Waals surface area contributed by atoms with E-state index in [0.717, 1.165) is 0 Å². The predicted octanol–water partition coefficient (Wildman–Crippen LogP) is 1.45. The highest BCUT2D eigenvalue weighted by Crippen LogP contribution is 2.11. The summed E-state index contributed by atoms with van der Waals surface area (Å²) in [7, 11) is 0. The van der Waals surface area contributed by atoms with Crippen molar-refractivity contribution >= 4 is 23.5 Å². The average molecular weight is 227 g/mol. The van der Waals surface area contributed by atoms with Crippen LogP contribution in [0.1, 0.15) is 6.92 Å². The van der Waals surface area contributed by atoms with Crippen molar-refractivity contribution in [2.75, 3.05) is 0 Å². The Labute approximate surface area is 92.7 Å². The van der Waals surface area contributed by atoms with E-state index in [9.17, 15) is 9.59 Å². The van der Waals surface area contributed by atoms with Crippen LogP contribution in [0.25, 0.3) is 0 Å². The molecule has 2 N–H and O–H groups in total. The topological polar surface area (TPSA) is 58.2 Å². The van der Waals surface area contributed by atoms with Gasteiger partial charge < -0.3 is 5.32 Å². The third kappa shape index (κ3) is 3.25. The van der Waals surface area contributed by atoms with Crippen molar-refractivity contribution < 1.29 is 9.59 Å². The van der Waals surface area contributed by atoms with Crippen LogP contribution in [-0.2, 0) is 4.79 Å². The highest BCUT2D eigenvalue weighted by molar-refractivity contribution is 6.33. The standard InChI is InChI=1S/C10H11ClN2O2/c1-2-3-4-5-6-7(11)8-9(14)13-10(15)12-8/h2-6,8H,1H3,(H2,12,13,14,15)/b3-2-,5-4+,7-6-. The molecule has 1 aliphatic rings. The first-order valence-corrected chi connectivity index (χ1v) is 4.79. The first kappa shape index (κ1) is 11.5. The van der Waals surface area contributed by atoms with Gasteiger partial charge in [-0.1, -0.05) is 35.9 Å². The molecule has 1 rings (SSSR count). The molecule has 1 aliphatic heterocycles. The number of carbonyl (C=O) groups is 2. The minimum Gasteiger partial charge on any atom is -0.321 e. The molecular formula is C10H11ClN2O2. The molecule has 0 aromatic carbocycles. The molecular weight excluding hydrogens is 216 g/mol. The Balaban J connectivity index is 2.64. The van der Waals surface area contributed by atoms with E-state index in [0.29, 0.717) is 0 Å². The minimum absolute atomic E-state index is 0.277. The Morgan fingerprint density at radius 1 is 1.33 bits per heavy atom. The van der Waals surface area contributed by atoms with Crippen LogP contribution in [0.15, 0.2) is 35.4 Å². The Morgan fingerprint density at radius 2 is 2.07 bits per heavy atom. The van der Waals surface area contributed by atoms with E-state index in [4.69, 9.17) is 11.6 Å². The smallest absolute Gasteiger partial charge is 0.321 e. The number of rotatable bonds is 3. The predicted molar refractivity (Wildman–Crippen MR) is 58.4 cm³/mol. The molecule has 0 aromatic heterocycles. The van der Waals surface area contributed by atoms with Gasteiger partial charge in [0.2, 0.25) is 0 Å². The number of halogens is 1. The molecule has 0 saturated carbocycles. The summed E-state index contributed by atoms with van der Waals surface area (Å²) in [5, 5.41) is 4.77. The second kappa shape index (κ2) is 5.36. The molecule has 1 fully saturated rings. The molecule has 1 saturated heterocycles. The molecule has 1 heterocycles. The number of hydrogen-bond acceptors (Lipinski definition) is 2. The first-order chi connectivity index (χ1) is 7.15. The summed E-state index contributed by atoms with van der Waals surface area (Å²) >= 11 is 5.84. The molecule has 1 unspecified atom stereocenters. The first-order valence-electron chi connectivity index (χ1n) is 4.41. The number of carbonyl (C=O) groups excluding carboxylic acids is 2. The number of imide groups is 1. The lowest BCUT2D eigenvalue weighted by molar-refractivity contribution is -0.119. The normalized spacial score (nSPS) is 22.5. The third-order valence-electron chi connectivity index (χ3n) is 1.72. The van der Waals surface area contributed by atoms with E-state index in [1.54, 1.807) is 18.2 Å². The van der Waals surface area contributed by atoms with Gasteiger partial charge in [-0.25, -0.2) is 4.79 Å². The number of nitrogens with one attached hydrogen (secondary N) is 2. The lowest BCUT2D eigenvalue weighted by Crippen LogP contribution is -2.29. The summed E-state index contributed by atoms with van der Waals surface area (Å²) < 4.78 is 0. The quantitative estimate of drug-likeness (QED) is 0.565. The van der Waals surface area contributed by atoms with Gasteiger partial charge in [0.15, 0.2) is 0 Å². The van der Waals surface area contributed by atoms with Gasteiger partial charge in [0, 0.05) is 0 Å². The lowest BCUT2D eigenvalue weighted by atomic mass is 10.2. The molecule has 0 aromatic rings. The summed E-state index contributed by atoms with van der Waals surface area (Å²) in [6.45, 7) is 1.89. The number of hydrogen-bond donors (Lipinski definition) is 2. The van der Waals surface area contributed by atoms with Gasteiger partial charge >= 0.3 is 6.03 Å². The summed E-state index contributed by atoms with van der Waals surface area (Å²) in [5.41, 5.74) is 0. The summed E-state index contributed by atoms with van der Waals surface area (Å²) in [6.07, 6.45) is 8.73. The van der Waals surface area contributed by atoms with Crippen LogP contribution in [0.2, 0.25) is 0 Å². The maximum Gasteiger partial charge on any atom is 0.322 e. The van der Waals surface area contributed by atoms with Crippen LogP contribution < -0.4 is 10.6 Å². The van der Waals surface area contributed by atoms with Gasteiger partial charge in [-0.05, 0) is 13.0 Å². The maximum absolute atomic E-state index is 11.2. The van der Waals surface area contributed by atoms with Crippen LogP contribution in [0.4, 0.5) is 4.79 Å². The zero-order valence-corrected chi connectivity index (χ0v) is 8.91. The Morgan fingerprint density at radius 3 is 2.60 bits per heavy atom. The summed E-state index contributed by atoms with van der Waals surface area (Å²) in [4.78, 5) is 21.9. The third-order valence-corrected chi connectivity index (χ3v) is 2.06. The molecule has 0 radical (unpaired) electrons. The van der Waals surface area contributed by atoms with E-state index in [1.165, 1.54) is 0 Å². The molecule has 0 spiro atoms. The van der Waals surface area contributed by atoms with Gasteiger partial charge in [0.1, 0.15) is 6.04 Å². The fourth-order valence-electron chi connectivity index (χ4n) is 1.03. The van der Waals surface area contributed by atoms with Crippen LogP contribution in [0.3, 0.4) is 0 Å². The molecule has 80 valence electrons. The molecule has 3 amide bonds. The Kier molecular flexibility index (Phi) is 4.12. The highest BCUT2D eigenvalue weighted by Gasteiger charge is 2.31. The molecule has 1 atom stereocenters. The molecule has 4 nitrogen and oxygen atoms in total. The van der Waals surface area contributed by atoms with Crippen LogP contribution in [-0.4, -0.2) is 18.0 Å². The van der Waals surface area contributed by atoms with Gasteiger partial charge in [-0.3, -0.25) is 10.1 Å².